The van der Waals surface area contributed by atoms with E-state index in [-0.39, 0.29) is 46.9 Å². The van der Waals surface area contributed by atoms with E-state index in [1.54, 1.807) is 19.1 Å². The smallest absolute Gasteiger partial charge is 0.244 e. The largest absolute Gasteiger partial charge is 0.324 e. The molecule has 1 N–H and O–H groups in total. The van der Waals surface area contributed by atoms with Crippen LogP contribution < -0.4 is 5.32 Å². The normalized spacial score (nSPS) is 27.8. The summed E-state index contributed by atoms with van der Waals surface area (Å²) in [6.07, 6.45) is 4.83. The number of imide groups is 1. The molecule has 2 aliphatic carbocycles. The van der Waals surface area contributed by atoms with Crippen LogP contribution in [0, 0.1) is 30.6 Å². The van der Waals surface area contributed by atoms with Gasteiger partial charge in [-0.25, -0.2) is 12.7 Å². The molecule has 154 valence electrons. The van der Waals surface area contributed by atoms with Gasteiger partial charge in [-0.15, -0.1) is 0 Å². The number of carbonyl (C=O) groups is 3. The Morgan fingerprint density at radius 1 is 1.14 bits per heavy atom. The summed E-state index contributed by atoms with van der Waals surface area (Å²) in [4.78, 5) is 39.0. The number of benzene rings is 1. The van der Waals surface area contributed by atoms with Crippen LogP contribution in [0.2, 0.25) is 0 Å². The molecule has 1 saturated carbocycles. The Morgan fingerprint density at radius 3 is 2.28 bits per heavy atom. The van der Waals surface area contributed by atoms with Crippen LogP contribution in [-0.2, 0) is 24.4 Å². The molecule has 0 aromatic heterocycles. The van der Waals surface area contributed by atoms with Crippen molar-refractivity contribution < 1.29 is 22.8 Å². The lowest BCUT2D eigenvalue weighted by Crippen LogP contribution is -2.39. The molecule has 4 rings (SSSR count). The molecule has 0 spiro atoms. The third-order valence-electron chi connectivity index (χ3n) is 6.09. The van der Waals surface area contributed by atoms with E-state index in [1.165, 1.54) is 20.2 Å². The molecule has 1 saturated heterocycles. The fourth-order valence-corrected chi connectivity index (χ4v) is 5.76. The summed E-state index contributed by atoms with van der Waals surface area (Å²) in [6, 6.07) is 4.58. The summed E-state index contributed by atoms with van der Waals surface area (Å²) in [6.45, 7) is 1.30. The van der Waals surface area contributed by atoms with Gasteiger partial charge in [-0.1, -0.05) is 18.2 Å². The van der Waals surface area contributed by atoms with Gasteiger partial charge in [0.2, 0.25) is 27.7 Å². The fourth-order valence-electron chi connectivity index (χ4n) is 4.62. The quantitative estimate of drug-likeness (QED) is 0.568. The van der Waals surface area contributed by atoms with E-state index < -0.39 is 15.9 Å². The van der Waals surface area contributed by atoms with Crippen molar-refractivity contribution in [3.63, 3.8) is 0 Å². The SMILES string of the molecule is Cc1ccc(NC(=O)CN2C(=O)[C@H]3[C@H](C2=O)[C@H]2C=C[C@H]3C2)cc1S(=O)(=O)N(C)C. The van der Waals surface area contributed by atoms with Gasteiger partial charge < -0.3 is 5.32 Å². The number of nitrogens with zero attached hydrogens (tertiary/aromatic N) is 2. The van der Waals surface area contributed by atoms with Crippen LogP contribution in [0.5, 0.6) is 0 Å². The minimum absolute atomic E-state index is 0.0883. The van der Waals surface area contributed by atoms with E-state index in [4.69, 9.17) is 0 Å². The van der Waals surface area contributed by atoms with Crippen molar-refractivity contribution >= 4 is 33.4 Å². The van der Waals surface area contributed by atoms with Gasteiger partial charge in [0.25, 0.3) is 0 Å². The van der Waals surface area contributed by atoms with Crippen LogP contribution in [0.15, 0.2) is 35.2 Å². The number of likely N-dealkylation sites (tertiary alicyclic amines) is 1. The maximum absolute atomic E-state index is 12.7. The number of nitrogens with one attached hydrogen (secondary N) is 1. The van der Waals surface area contributed by atoms with Crippen LogP contribution >= 0.6 is 0 Å². The molecule has 8 nitrogen and oxygen atoms in total. The highest BCUT2D eigenvalue weighted by Gasteiger charge is 2.59. The van der Waals surface area contributed by atoms with Crippen LogP contribution in [0.4, 0.5) is 5.69 Å². The van der Waals surface area contributed by atoms with Crippen molar-refractivity contribution in [1.82, 2.24) is 9.21 Å². The van der Waals surface area contributed by atoms with Crippen molar-refractivity contribution in [3.8, 4) is 0 Å². The lowest BCUT2D eigenvalue weighted by atomic mass is 9.85. The Morgan fingerprint density at radius 2 is 1.72 bits per heavy atom. The lowest BCUT2D eigenvalue weighted by Gasteiger charge is -2.18. The second-order valence-electron chi connectivity index (χ2n) is 8.08. The van der Waals surface area contributed by atoms with Gasteiger partial charge in [-0.05, 0) is 42.9 Å². The van der Waals surface area contributed by atoms with Crippen molar-refractivity contribution in [2.45, 2.75) is 18.2 Å². The minimum atomic E-state index is -3.67. The number of hydrogen-bond donors (Lipinski definition) is 1. The van der Waals surface area contributed by atoms with E-state index in [2.05, 4.69) is 5.32 Å². The number of carbonyl (C=O) groups excluding carboxylic acids is 3. The number of allylic oxidation sites excluding steroid dienone is 2. The number of amides is 3. The fraction of sp³-hybridized carbons (Fsp3) is 0.450. The molecule has 1 aromatic carbocycles. The molecule has 9 heteroatoms. The van der Waals surface area contributed by atoms with Crippen molar-refractivity contribution in [3.05, 3.63) is 35.9 Å². The van der Waals surface area contributed by atoms with Gasteiger partial charge in [0, 0.05) is 19.8 Å². The predicted molar refractivity (Wildman–Crippen MR) is 105 cm³/mol. The molecule has 1 aliphatic heterocycles. The van der Waals surface area contributed by atoms with Crippen molar-refractivity contribution in [1.29, 1.82) is 0 Å². The van der Waals surface area contributed by atoms with Crippen LogP contribution in [0.25, 0.3) is 0 Å². The zero-order valence-electron chi connectivity index (χ0n) is 16.5. The number of aryl methyl sites for hydroxylation is 1. The first-order chi connectivity index (χ1) is 13.6. The number of rotatable bonds is 5. The number of sulfonamides is 1. The minimum Gasteiger partial charge on any atom is -0.324 e. The maximum Gasteiger partial charge on any atom is 0.244 e. The van der Waals surface area contributed by atoms with Crippen molar-refractivity contribution in [2.24, 2.45) is 23.7 Å². The topological polar surface area (TPSA) is 104 Å². The maximum atomic E-state index is 12.7. The van der Waals surface area contributed by atoms with Crippen molar-refractivity contribution in [2.75, 3.05) is 26.0 Å². The van der Waals surface area contributed by atoms with Gasteiger partial charge >= 0.3 is 0 Å². The number of anilines is 1. The average Bonchev–Trinajstić information content (AvgIpc) is 3.33. The lowest BCUT2D eigenvalue weighted by molar-refractivity contribution is -0.143. The Bertz CT molecular complexity index is 1020. The van der Waals surface area contributed by atoms with Gasteiger partial charge in [0.1, 0.15) is 6.54 Å². The number of fused-ring (bicyclic) bond motifs is 5. The first-order valence-electron chi connectivity index (χ1n) is 9.48. The molecule has 2 fully saturated rings. The first-order valence-corrected chi connectivity index (χ1v) is 10.9. The Kier molecular flexibility index (Phi) is 4.62. The highest BCUT2D eigenvalue weighted by atomic mass is 32.2. The van der Waals surface area contributed by atoms with E-state index >= 15 is 0 Å². The van der Waals surface area contributed by atoms with Gasteiger partial charge in [0.15, 0.2) is 0 Å². The molecule has 2 bridgehead atoms. The summed E-state index contributed by atoms with van der Waals surface area (Å²) < 4.78 is 26.0. The predicted octanol–water partition coefficient (Wildman–Crippen LogP) is 0.991. The molecule has 29 heavy (non-hydrogen) atoms. The summed E-state index contributed by atoms with van der Waals surface area (Å²) in [5.41, 5.74) is 0.847. The summed E-state index contributed by atoms with van der Waals surface area (Å²) in [5, 5.41) is 2.61. The van der Waals surface area contributed by atoms with E-state index in [1.807, 2.05) is 12.2 Å². The summed E-state index contributed by atoms with van der Waals surface area (Å²) in [5.74, 6) is -1.62. The Hall–Kier alpha value is -2.52. The third kappa shape index (κ3) is 3.08. The summed E-state index contributed by atoms with van der Waals surface area (Å²) in [7, 11) is -0.797. The number of hydrogen-bond acceptors (Lipinski definition) is 5. The average molecular weight is 417 g/mol. The third-order valence-corrected chi connectivity index (χ3v) is 8.05. The van der Waals surface area contributed by atoms with Crippen LogP contribution in [0.3, 0.4) is 0 Å². The first kappa shape index (κ1) is 19.8. The standard InChI is InChI=1S/C20H23N3O5S/c1-11-4-7-14(9-15(11)29(27,28)22(2)3)21-16(24)10-23-19(25)17-12-5-6-13(8-12)18(17)20(23)26/h4-7,9,12-13,17-18H,8,10H2,1-3H3,(H,21,24)/t12-,13-,17+,18+/m0/s1. The highest BCUT2D eigenvalue weighted by Crippen LogP contribution is 2.52. The molecule has 4 atom stereocenters. The Balaban J connectivity index is 1.49. The highest BCUT2D eigenvalue weighted by molar-refractivity contribution is 7.89. The molecular weight excluding hydrogens is 394 g/mol. The second-order valence-corrected chi connectivity index (χ2v) is 10.2. The van der Waals surface area contributed by atoms with Gasteiger partial charge in [-0.2, -0.15) is 0 Å². The van der Waals surface area contributed by atoms with E-state index in [9.17, 15) is 22.8 Å². The Labute approximate surface area is 169 Å². The van der Waals surface area contributed by atoms with E-state index in [0.29, 0.717) is 11.3 Å². The van der Waals surface area contributed by atoms with Gasteiger partial charge in [-0.3, -0.25) is 19.3 Å². The second kappa shape index (κ2) is 6.77. The molecule has 3 amide bonds. The zero-order chi connectivity index (χ0) is 21.1. The molecule has 1 heterocycles. The molecule has 0 unspecified atom stereocenters. The van der Waals surface area contributed by atoms with E-state index in [0.717, 1.165) is 15.6 Å². The van der Waals surface area contributed by atoms with Gasteiger partial charge in [0.05, 0.1) is 16.7 Å². The zero-order valence-corrected chi connectivity index (χ0v) is 17.3. The monoisotopic (exact) mass is 417 g/mol. The molecule has 3 aliphatic rings. The molecule has 0 radical (unpaired) electrons. The molecule has 1 aromatic rings. The molecular formula is C20H23N3O5S. The van der Waals surface area contributed by atoms with Crippen LogP contribution in [0.1, 0.15) is 12.0 Å². The van der Waals surface area contributed by atoms with Crippen LogP contribution in [-0.4, -0.2) is 56.0 Å². The summed E-state index contributed by atoms with van der Waals surface area (Å²) >= 11 is 0.